The molecule has 1 aromatic carbocycles. The van der Waals surface area contributed by atoms with Gasteiger partial charge in [0.25, 0.3) is 0 Å². The van der Waals surface area contributed by atoms with Gasteiger partial charge in [0.15, 0.2) is 0 Å². The lowest BCUT2D eigenvalue weighted by molar-refractivity contribution is 0.0661. The number of anilines is 1. The lowest BCUT2D eigenvalue weighted by atomic mass is 10.1. The predicted molar refractivity (Wildman–Crippen MR) is 81.3 cm³/mol. The van der Waals surface area contributed by atoms with Crippen LogP contribution in [-0.2, 0) is 6.54 Å². The highest BCUT2D eigenvalue weighted by atomic mass is 79.9. The van der Waals surface area contributed by atoms with Gasteiger partial charge < -0.3 is 14.8 Å². The summed E-state index contributed by atoms with van der Waals surface area (Å²) in [6, 6.07) is 5.69. The van der Waals surface area contributed by atoms with Crippen LogP contribution < -0.4 is 5.32 Å². The number of carboxylic acids is 1. The van der Waals surface area contributed by atoms with Gasteiger partial charge in [-0.05, 0) is 60.0 Å². The minimum absolute atomic E-state index is 0.0287. The van der Waals surface area contributed by atoms with Crippen molar-refractivity contribution in [3.63, 3.8) is 0 Å². The van der Waals surface area contributed by atoms with Gasteiger partial charge in [-0.25, -0.2) is 4.79 Å². The summed E-state index contributed by atoms with van der Waals surface area (Å²) in [5.41, 5.74) is 4.17. The number of aryl methyl sites for hydroxylation is 3. The summed E-state index contributed by atoms with van der Waals surface area (Å²) < 4.78 is 6.19. The number of carbonyl (C=O) groups is 1. The van der Waals surface area contributed by atoms with Crippen molar-refractivity contribution in [2.75, 3.05) is 5.32 Å². The van der Waals surface area contributed by atoms with E-state index in [-0.39, 0.29) is 5.76 Å². The van der Waals surface area contributed by atoms with Gasteiger partial charge >= 0.3 is 5.97 Å². The van der Waals surface area contributed by atoms with Crippen LogP contribution in [0.5, 0.6) is 0 Å². The Balaban J connectivity index is 2.19. The van der Waals surface area contributed by atoms with Gasteiger partial charge in [-0.1, -0.05) is 6.07 Å². The SMILES string of the molecule is Cc1cc(C)c(NCc2cc(C(=O)O)oc2C)c(Br)c1. The fraction of sp³-hybridized carbons (Fsp3) is 0.267. The van der Waals surface area contributed by atoms with Crippen molar-refractivity contribution in [1.82, 2.24) is 0 Å². The molecule has 4 nitrogen and oxygen atoms in total. The molecule has 0 atom stereocenters. The zero-order chi connectivity index (χ0) is 14.9. The normalized spacial score (nSPS) is 10.6. The maximum Gasteiger partial charge on any atom is 0.371 e. The number of rotatable bonds is 4. The Morgan fingerprint density at radius 2 is 2.00 bits per heavy atom. The Morgan fingerprint density at radius 3 is 2.55 bits per heavy atom. The quantitative estimate of drug-likeness (QED) is 0.874. The summed E-state index contributed by atoms with van der Waals surface area (Å²) in [5, 5.41) is 12.2. The fourth-order valence-electron chi connectivity index (χ4n) is 2.12. The Labute approximate surface area is 125 Å². The molecule has 0 aliphatic rings. The van der Waals surface area contributed by atoms with E-state index in [0.717, 1.165) is 21.3 Å². The van der Waals surface area contributed by atoms with E-state index < -0.39 is 5.97 Å². The molecular weight excluding hydrogens is 322 g/mol. The first-order chi connectivity index (χ1) is 9.38. The van der Waals surface area contributed by atoms with Crippen molar-refractivity contribution < 1.29 is 14.3 Å². The maximum atomic E-state index is 10.9. The lowest BCUT2D eigenvalue weighted by Crippen LogP contribution is -2.02. The number of halogens is 1. The summed E-state index contributed by atoms with van der Waals surface area (Å²) in [5.74, 6) is -0.457. The monoisotopic (exact) mass is 337 g/mol. The van der Waals surface area contributed by atoms with Crippen LogP contribution in [0.15, 0.2) is 27.1 Å². The number of furan rings is 1. The fourth-order valence-corrected chi connectivity index (χ4v) is 2.94. The van der Waals surface area contributed by atoms with Crippen molar-refractivity contribution in [3.8, 4) is 0 Å². The van der Waals surface area contributed by atoms with Crippen molar-refractivity contribution >= 4 is 27.6 Å². The smallest absolute Gasteiger partial charge is 0.371 e. The zero-order valence-electron chi connectivity index (χ0n) is 11.6. The summed E-state index contributed by atoms with van der Waals surface area (Å²) in [6.45, 7) is 6.36. The van der Waals surface area contributed by atoms with Crippen LogP contribution in [0.1, 0.15) is 33.0 Å². The lowest BCUT2D eigenvalue weighted by Gasteiger charge is -2.12. The molecule has 1 heterocycles. The molecular formula is C15H16BrNO3. The average molecular weight is 338 g/mol. The van der Waals surface area contributed by atoms with Crippen LogP contribution in [-0.4, -0.2) is 11.1 Å². The van der Waals surface area contributed by atoms with Crippen molar-refractivity contribution in [2.24, 2.45) is 0 Å². The second-order valence-corrected chi connectivity index (χ2v) is 5.64. The van der Waals surface area contributed by atoms with Crippen LogP contribution in [0.3, 0.4) is 0 Å². The molecule has 106 valence electrons. The minimum Gasteiger partial charge on any atom is -0.475 e. The molecule has 0 saturated heterocycles. The molecule has 0 unspecified atom stereocenters. The average Bonchev–Trinajstić information content (AvgIpc) is 2.70. The highest BCUT2D eigenvalue weighted by Crippen LogP contribution is 2.28. The van der Waals surface area contributed by atoms with Crippen LogP contribution in [0.4, 0.5) is 5.69 Å². The first-order valence-electron chi connectivity index (χ1n) is 6.21. The van der Waals surface area contributed by atoms with Gasteiger partial charge in [-0.15, -0.1) is 0 Å². The van der Waals surface area contributed by atoms with Gasteiger partial charge in [0.05, 0.1) is 5.69 Å². The van der Waals surface area contributed by atoms with Crippen LogP contribution in [0, 0.1) is 20.8 Å². The molecule has 0 aliphatic carbocycles. The summed E-state index contributed by atoms with van der Waals surface area (Å²) in [6.07, 6.45) is 0. The van der Waals surface area contributed by atoms with Crippen LogP contribution in [0.25, 0.3) is 0 Å². The number of hydrogen-bond acceptors (Lipinski definition) is 3. The van der Waals surface area contributed by atoms with Gasteiger partial charge in [-0.3, -0.25) is 0 Å². The number of aromatic carboxylic acids is 1. The third kappa shape index (κ3) is 3.04. The van der Waals surface area contributed by atoms with E-state index in [0.29, 0.717) is 12.3 Å². The predicted octanol–water partition coefficient (Wildman–Crippen LogP) is 4.28. The zero-order valence-corrected chi connectivity index (χ0v) is 13.2. The standard InChI is InChI=1S/C15H16BrNO3/c1-8-4-9(2)14(12(16)5-8)17-7-11-6-13(15(18)19)20-10(11)3/h4-6,17H,7H2,1-3H3,(H,18,19). The maximum absolute atomic E-state index is 10.9. The molecule has 2 rings (SSSR count). The molecule has 1 aromatic heterocycles. The number of hydrogen-bond donors (Lipinski definition) is 2. The van der Waals surface area contributed by atoms with E-state index in [2.05, 4.69) is 27.3 Å². The summed E-state index contributed by atoms with van der Waals surface area (Å²) in [4.78, 5) is 10.9. The van der Waals surface area contributed by atoms with Gasteiger partial charge in [0.2, 0.25) is 5.76 Å². The van der Waals surface area contributed by atoms with E-state index >= 15 is 0 Å². The van der Waals surface area contributed by atoms with Gasteiger partial charge in [-0.2, -0.15) is 0 Å². The summed E-state index contributed by atoms with van der Waals surface area (Å²) in [7, 11) is 0. The van der Waals surface area contributed by atoms with E-state index in [1.165, 1.54) is 5.56 Å². The van der Waals surface area contributed by atoms with Crippen LogP contribution in [0.2, 0.25) is 0 Å². The molecule has 20 heavy (non-hydrogen) atoms. The highest BCUT2D eigenvalue weighted by Gasteiger charge is 2.13. The van der Waals surface area contributed by atoms with Gasteiger partial charge in [0.1, 0.15) is 5.76 Å². The molecule has 2 aromatic rings. The first kappa shape index (κ1) is 14.7. The Bertz CT molecular complexity index is 638. The van der Waals surface area contributed by atoms with Gasteiger partial charge in [0, 0.05) is 16.6 Å². The molecule has 0 radical (unpaired) electrons. The topological polar surface area (TPSA) is 62.5 Å². The van der Waals surface area contributed by atoms with E-state index in [9.17, 15) is 4.79 Å². The highest BCUT2D eigenvalue weighted by molar-refractivity contribution is 9.10. The number of carboxylic acid groups (broad SMARTS) is 1. The largest absolute Gasteiger partial charge is 0.475 e. The Hall–Kier alpha value is -1.75. The molecule has 0 aliphatic heterocycles. The van der Waals surface area contributed by atoms with E-state index in [1.807, 2.05) is 19.9 Å². The molecule has 0 bridgehead atoms. The Kier molecular flexibility index (Phi) is 4.18. The number of benzene rings is 1. The second-order valence-electron chi connectivity index (χ2n) is 4.79. The molecule has 0 saturated carbocycles. The minimum atomic E-state index is -1.05. The Morgan fingerprint density at radius 1 is 1.30 bits per heavy atom. The molecule has 5 heteroatoms. The first-order valence-corrected chi connectivity index (χ1v) is 7.01. The van der Waals surface area contributed by atoms with Crippen molar-refractivity contribution in [3.05, 3.63) is 50.9 Å². The second kappa shape index (κ2) is 5.71. The molecule has 0 spiro atoms. The molecule has 0 fully saturated rings. The third-order valence-corrected chi connectivity index (χ3v) is 3.74. The molecule has 0 amide bonds. The van der Waals surface area contributed by atoms with Crippen molar-refractivity contribution in [2.45, 2.75) is 27.3 Å². The number of nitrogens with one attached hydrogen (secondary N) is 1. The van der Waals surface area contributed by atoms with E-state index in [1.54, 1.807) is 13.0 Å². The van der Waals surface area contributed by atoms with E-state index in [4.69, 9.17) is 9.52 Å². The van der Waals surface area contributed by atoms with Crippen LogP contribution >= 0.6 is 15.9 Å². The molecule has 2 N–H and O–H groups in total. The van der Waals surface area contributed by atoms with Crippen molar-refractivity contribution in [1.29, 1.82) is 0 Å². The third-order valence-electron chi connectivity index (χ3n) is 3.12. The summed E-state index contributed by atoms with van der Waals surface area (Å²) >= 11 is 3.54.